The van der Waals surface area contributed by atoms with Gasteiger partial charge in [-0.25, -0.2) is 4.98 Å². The molecule has 2 heterocycles. The number of aromatic amines is 1. The van der Waals surface area contributed by atoms with Crippen LogP contribution in [0.2, 0.25) is 0 Å². The third kappa shape index (κ3) is 5.17. The molecule has 33 heavy (non-hydrogen) atoms. The minimum Gasteiger partial charge on any atom is -0.494 e. The lowest BCUT2D eigenvalue weighted by molar-refractivity contribution is 0.310. The minimum atomic E-state index is -0.0424. The fraction of sp³-hybridized carbons (Fsp3) is 0.333. The molecule has 1 aliphatic carbocycles. The normalized spacial score (nSPS) is 13.2. The average Bonchev–Trinajstić information content (AvgIpc) is 3.27. The number of unbranched alkanes of at least 4 members (excludes halogenated alkanes) is 1. The molecule has 0 bridgehead atoms. The Labute approximate surface area is 202 Å². The molecule has 170 valence electrons. The summed E-state index contributed by atoms with van der Waals surface area (Å²) in [4.78, 5) is 21.5. The Hall–Kier alpha value is -2.57. The summed E-state index contributed by atoms with van der Waals surface area (Å²) in [6.45, 7) is 2.77. The van der Waals surface area contributed by atoms with E-state index in [2.05, 4.69) is 47.6 Å². The molecule has 0 spiro atoms. The summed E-state index contributed by atoms with van der Waals surface area (Å²) in [6.07, 6.45) is 6.80. The maximum atomic E-state index is 12.9. The fourth-order valence-electron chi connectivity index (χ4n) is 4.31. The first-order valence-corrected chi connectivity index (χ1v) is 13.5. The highest BCUT2D eigenvalue weighted by Crippen LogP contribution is 2.34. The molecule has 0 amide bonds. The van der Waals surface area contributed by atoms with Gasteiger partial charge in [-0.15, -0.1) is 11.3 Å². The SMILES string of the molecule is Cc1ccc(OCCCCSc2nc3scc(-c4ccc5c(c4)CCCC5)c3c(=O)[nH]2)cc1. The van der Waals surface area contributed by atoms with E-state index in [4.69, 9.17) is 9.72 Å². The number of fused-ring (bicyclic) bond motifs is 2. The topological polar surface area (TPSA) is 55.0 Å². The van der Waals surface area contributed by atoms with E-state index in [9.17, 15) is 4.79 Å². The fourth-order valence-corrected chi connectivity index (χ4v) is 6.18. The van der Waals surface area contributed by atoms with Gasteiger partial charge in [0.15, 0.2) is 5.16 Å². The molecule has 0 unspecified atom stereocenters. The summed E-state index contributed by atoms with van der Waals surface area (Å²) in [5.74, 6) is 1.81. The lowest BCUT2D eigenvalue weighted by Crippen LogP contribution is -2.09. The van der Waals surface area contributed by atoms with Crippen molar-refractivity contribution in [2.45, 2.75) is 50.6 Å². The van der Waals surface area contributed by atoms with Crippen LogP contribution in [0, 0.1) is 6.92 Å². The number of thioether (sulfide) groups is 1. The van der Waals surface area contributed by atoms with Gasteiger partial charge >= 0.3 is 0 Å². The van der Waals surface area contributed by atoms with Crippen LogP contribution in [0.25, 0.3) is 21.3 Å². The first-order valence-electron chi connectivity index (χ1n) is 11.6. The van der Waals surface area contributed by atoms with E-state index in [-0.39, 0.29) is 5.56 Å². The molecule has 5 rings (SSSR count). The van der Waals surface area contributed by atoms with Crippen molar-refractivity contribution in [2.75, 3.05) is 12.4 Å². The van der Waals surface area contributed by atoms with Gasteiger partial charge in [-0.2, -0.15) is 0 Å². The van der Waals surface area contributed by atoms with Crippen LogP contribution >= 0.6 is 23.1 Å². The second kappa shape index (κ2) is 10.1. The molecule has 1 aliphatic rings. The molecule has 2 aromatic carbocycles. The summed E-state index contributed by atoms with van der Waals surface area (Å²) in [5.41, 5.74) is 6.21. The Morgan fingerprint density at radius 1 is 1.06 bits per heavy atom. The van der Waals surface area contributed by atoms with E-state index < -0.39 is 0 Å². The highest BCUT2D eigenvalue weighted by molar-refractivity contribution is 7.99. The quantitative estimate of drug-likeness (QED) is 0.173. The molecule has 0 radical (unpaired) electrons. The number of thiophene rings is 1. The van der Waals surface area contributed by atoms with Crippen molar-refractivity contribution in [2.24, 2.45) is 0 Å². The number of aryl methyl sites for hydroxylation is 3. The smallest absolute Gasteiger partial charge is 0.260 e. The van der Waals surface area contributed by atoms with Crippen molar-refractivity contribution in [3.05, 3.63) is 74.9 Å². The molecular weight excluding hydrogens is 448 g/mol. The molecule has 0 aliphatic heterocycles. The standard InChI is InChI=1S/C27H28N2O2S2/c1-18-8-12-22(13-9-18)31-14-4-5-15-32-27-28-25(30)24-23(17-33-26(24)29-27)21-11-10-19-6-2-3-7-20(19)16-21/h8-13,16-17H,2-7,14-15H2,1H3,(H,28,29,30). The molecule has 0 fully saturated rings. The van der Waals surface area contributed by atoms with E-state index in [1.807, 2.05) is 12.1 Å². The molecule has 0 atom stereocenters. The van der Waals surface area contributed by atoms with Crippen LogP contribution < -0.4 is 10.3 Å². The molecule has 6 heteroatoms. The van der Waals surface area contributed by atoms with Crippen LogP contribution in [0.3, 0.4) is 0 Å². The van der Waals surface area contributed by atoms with Gasteiger partial charge in [-0.05, 0) is 74.3 Å². The Bertz CT molecular complexity index is 1310. The number of hydrogen-bond acceptors (Lipinski definition) is 5. The summed E-state index contributed by atoms with van der Waals surface area (Å²) >= 11 is 3.16. The maximum absolute atomic E-state index is 12.9. The van der Waals surface area contributed by atoms with Gasteiger partial charge < -0.3 is 9.72 Å². The van der Waals surface area contributed by atoms with Gasteiger partial charge in [-0.1, -0.05) is 47.7 Å². The van der Waals surface area contributed by atoms with Gasteiger partial charge in [-0.3, -0.25) is 4.79 Å². The maximum Gasteiger partial charge on any atom is 0.260 e. The largest absolute Gasteiger partial charge is 0.494 e. The Morgan fingerprint density at radius 3 is 2.73 bits per heavy atom. The molecule has 1 N–H and O–H groups in total. The van der Waals surface area contributed by atoms with E-state index in [1.165, 1.54) is 36.0 Å². The van der Waals surface area contributed by atoms with Crippen LogP contribution in [0.4, 0.5) is 0 Å². The molecule has 0 saturated carbocycles. The number of H-pyrrole nitrogens is 1. The lowest BCUT2D eigenvalue weighted by atomic mass is 9.89. The highest BCUT2D eigenvalue weighted by atomic mass is 32.2. The number of hydrogen-bond donors (Lipinski definition) is 1. The first-order chi connectivity index (χ1) is 16.2. The van der Waals surface area contributed by atoms with E-state index >= 15 is 0 Å². The van der Waals surface area contributed by atoms with Crippen molar-refractivity contribution < 1.29 is 4.74 Å². The minimum absolute atomic E-state index is 0.0424. The van der Waals surface area contributed by atoms with Gasteiger partial charge in [0.2, 0.25) is 0 Å². The molecule has 0 saturated heterocycles. The van der Waals surface area contributed by atoms with Crippen LogP contribution in [0.5, 0.6) is 5.75 Å². The summed E-state index contributed by atoms with van der Waals surface area (Å²) in [6, 6.07) is 14.8. The van der Waals surface area contributed by atoms with Crippen molar-refractivity contribution in [1.82, 2.24) is 9.97 Å². The van der Waals surface area contributed by atoms with Crippen molar-refractivity contribution in [1.29, 1.82) is 0 Å². The second-order valence-corrected chi connectivity index (χ2v) is 10.6. The van der Waals surface area contributed by atoms with E-state index in [1.54, 1.807) is 23.1 Å². The predicted molar refractivity (Wildman–Crippen MR) is 139 cm³/mol. The monoisotopic (exact) mass is 476 g/mol. The lowest BCUT2D eigenvalue weighted by Gasteiger charge is -2.16. The Balaban J connectivity index is 1.20. The zero-order valence-electron chi connectivity index (χ0n) is 18.9. The second-order valence-electron chi connectivity index (χ2n) is 8.61. The number of benzene rings is 2. The number of rotatable bonds is 8. The van der Waals surface area contributed by atoms with Crippen molar-refractivity contribution in [3.8, 4) is 16.9 Å². The summed E-state index contributed by atoms with van der Waals surface area (Å²) in [7, 11) is 0. The van der Waals surface area contributed by atoms with Crippen LogP contribution in [-0.2, 0) is 12.8 Å². The van der Waals surface area contributed by atoms with E-state index in [0.29, 0.717) is 17.1 Å². The molecular formula is C27H28N2O2S2. The van der Waals surface area contributed by atoms with Gasteiger partial charge in [0, 0.05) is 16.7 Å². The number of nitrogens with zero attached hydrogens (tertiary/aromatic N) is 1. The third-order valence-corrected chi connectivity index (χ3v) is 7.98. The number of aromatic nitrogens is 2. The summed E-state index contributed by atoms with van der Waals surface area (Å²) < 4.78 is 5.79. The van der Waals surface area contributed by atoms with Crippen LogP contribution in [0.15, 0.2) is 57.8 Å². The van der Waals surface area contributed by atoms with Crippen molar-refractivity contribution in [3.63, 3.8) is 0 Å². The zero-order valence-corrected chi connectivity index (χ0v) is 20.5. The first kappa shape index (κ1) is 22.2. The Morgan fingerprint density at radius 2 is 1.88 bits per heavy atom. The van der Waals surface area contributed by atoms with E-state index in [0.717, 1.165) is 46.7 Å². The number of nitrogens with one attached hydrogen (secondary N) is 1. The highest BCUT2D eigenvalue weighted by Gasteiger charge is 2.16. The molecule has 2 aromatic heterocycles. The molecule has 4 aromatic rings. The summed E-state index contributed by atoms with van der Waals surface area (Å²) in [5, 5.41) is 3.49. The van der Waals surface area contributed by atoms with Crippen LogP contribution in [0.1, 0.15) is 42.4 Å². The zero-order chi connectivity index (χ0) is 22.6. The average molecular weight is 477 g/mol. The van der Waals surface area contributed by atoms with Gasteiger partial charge in [0.1, 0.15) is 10.6 Å². The molecule has 4 nitrogen and oxygen atoms in total. The third-order valence-electron chi connectivity index (χ3n) is 6.15. The van der Waals surface area contributed by atoms with Gasteiger partial charge in [0.25, 0.3) is 5.56 Å². The number of ether oxygens (including phenoxy) is 1. The van der Waals surface area contributed by atoms with Crippen LogP contribution in [-0.4, -0.2) is 22.3 Å². The van der Waals surface area contributed by atoms with Gasteiger partial charge in [0.05, 0.1) is 12.0 Å². The Kier molecular flexibility index (Phi) is 6.83. The van der Waals surface area contributed by atoms with Crippen molar-refractivity contribution >= 4 is 33.3 Å². The predicted octanol–water partition coefficient (Wildman–Crippen LogP) is 6.79.